The molecule has 1 saturated carbocycles. The van der Waals surface area contributed by atoms with Crippen LogP contribution in [0.15, 0.2) is 0 Å². The number of unbranched alkanes of at least 4 members (excludes halogenated alkanes) is 1. The molecule has 1 saturated heterocycles. The summed E-state index contributed by atoms with van der Waals surface area (Å²) in [5.41, 5.74) is 0. The van der Waals surface area contributed by atoms with Crippen molar-refractivity contribution in [3.8, 4) is 0 Å². The van der Waals surface area contributed by atoms with Crippen molar-refractivity contribution in [3.63, 3.8) is 0 Å². The van der Waals surface area contributed by atoms with E-state index in [4.69, 9.17) is 0 Å². The molecule has 24 heavy (non-hydrogen) atoms. The third kappa shape index (κ3) is 5.49. The molecule has 138 valence electrons. The first-order valence-electron chi connectivity index (χ1n) is 10.2. The molecule has 1 atom stereocenters. The molecule has 2 aliphatic rings. The Morgan fingerprint density at radius 1 is 1.00 bits per heavy atom. The largest absolute Gasteiger partial charge is 0.356 e. The van der Waals surface area contributed by atoms with E-state index >= 15 is 0 Å². The average molecular weight is 337 g/mol. The van der Waals surface area contributed by atoms with E-state index in [0.29, 0.717) is 12.5 Å². The number of nitrogens with zero attached hydrogens (tertiary/aromatic N) is 1. The van der Waals surface area contributed by atoms with Gasteiger partial charge in [0.25, 0.3) is 0 Å². The number of rotatable bonds is 7. The second-order valence-electron chi connectivity index (χ2n) is 7.77. The third-order valence-electron chi connectivity index (χ3n) is 5.82. The van der Waals surface area contributed by atoms with Crippen molar-refractivity contribution in [1.82, 2.24) is 10.2 Å². The summed E-state index contributed by atoms with van der Waals surface area (Å²) < 4.78 is 0. The Kier molecular flexibility index (Phi) is 8.07. The molecule has 2 amide bonds. The lowest BCUT2D eigenvalue weighted by molar-refractivity contribution is -0.140. The Balaban J connectivity index is 1.78. The van der Waals surface area contributed by atoms with Gasteiger partial charge in [0, 0.05) is 25.6 Å². The highest BCUT2D eigenvalue weighted by molar-refractivity contribution is 5.82. The molecule has 0 spiro atoms. The number of nitrogens with one attached hydrogen (secondary N) is 1. The molecule has 0 aromatic heterocycles. The molecule has 0 bridgehead atoms. The first kappa shape index (κ1) is 19.3. The lowest BCUT2D eigenvalue weighted by atomic mass is 9.79. The highest BCUT2D eigenvalue weighted by Crippen LogP contribution is 2.33. The minimum absolute atomic E-state index is 0.00450. The van der Waals surface area contributed by atoms with Crippen LogP contribution >= 0.6 is 0 Å². The Morgan fingerprint density at radius 3 is 2.42 bits per heavy atom. The summed E-state index contributed by atoms with van der Waals surface area (Å²) >= 11 is 0. The van der Waals surface area contributed by atoms with Crippen LogP contribution in [0.25, 0.3) is 0 Å². The van der Waals surface area contributed by atoms with Gasteiger partial charge in [0.05, 0.1) is 5.92 Å². The zero-order valence-corrected chi connectivity index (χ0v) is 15.7. The van der Waals surface area contributed by atoms with E-state index in [0.717, 1.165) is 51.1 Å². The van der Waals surface area contributed by atoms with E-state index in [-0.39, 0.29) is 17.7 Å². The van der Waals surface area contributed by atoms with Gasteiger partial charge >= 0.3 is 0 Å². The number of hydrogen-bond donors (Lipinski definition) is 1. The van der Waals surface area contributed by atoms with Crippen LogP contribution in [-0.2, 0) is 9.59 Å². The predicted molar refractivity (Wildman–Crippen MR) is 97.6 cm³/mol. The van der Waals surface area contributed by atoms with Gasteiger partial charge in [-0.15, -0.1) is 0 Å². The molecule has 2 rings (SSSR count). The maximum Gasteiger partial charge on any atom is 0.225 e. The average Bonchev–Trinajstić information content (AvgIpc) is 2.64. The summed E-state index contributed by atoms with van der Waals surface area (Å²) in [6, 6.07) is 0. The molecule has 1 unspecified atom stereocenters. The number of carbonyl (C=O) groups is 2. The van der Waals surface area contributed by atoms with Crippen LogP contribution in [0, 0.1) is 17.8 Å². The van der Waals surface area contributed by atoms with Crippen molar-refractivity contribution in [3.05, 3.63) is 0 Å². The fraction of sp³-hybridized carbons (Fsp3) is 0.900. The molecule has 4 heteroatoms. The van der Waals surface area contributed by atoms with Crippen molar-refractivity contribution >= 4 is 11.8 Å². The summed E-state index contributed by atoms with van der Waals surface area (Å²) in [6.45, 7) is 6.52. The summed E-state index contributed by atoms with van der Waals surface area (Å²) in [5.74, 6) is 1.49. The molecular formula is C20H36N2O2. The second kappa shape index (κ2) is 10.0. The van der Waals surface area contributed by atoms with Crippen molar-refractivity contribution in [2.45, 2.75) is 78.1 Å². The van der Waals surface area contributed by atoms with Crippen LogP contribution in [-0.4, -0.2) is 36.3 Å². The summed E-state index contributed by atoms with van der Waals surface area (Å²) in [5, 5.41) is 2.99. The first-order chi connectivity index (χ1) is 11.7. The molecule has 2 fully saturated rings. The maximum atomic E-state index is 12.9. The molecule has 0 aromatic carbocycles. The Hall–Kier alpha value is -1.06. The minimum Gasteiger partial charge on any atom is -0.356 e. The molecular weight excluding hydrogens is 300 g/mol. The standard InChI is InChI=1S/C20H36N2O2/c1-3-5-7-16-9-11-17(12-10-16)20(24)22-14-6-8-18(15-22)19(23)21-13-4-2/h16-18H,3-15H2,1-2H3,(H,21,23). The number of hydrogen-bond acceptors (Lipinski definition) is 2. The molecule has 4 nitrogen and oxygen atoms in total. The van der Waals surface area contributed by atoms with Gasteiger partial charge in [0.1, 0.15) is 0 Å². The maximum absolute atomic E-state index is 12.9. The minimum atomic E-state index is -0.00450. The van der Waals surface area contributed by atoms with Crippen LogP contribution in [0.5, 0.6) is 0 Å². The zero-order valence-electron chi connectivity index (χ0n) is 15.7. The van der Waals surface area contributed by atoms with E-state index in [1.807, 2.05) is 4.90 Å². The second-order valence-corrected chi connectivity index (χ2v) is 7.77. The summed E-state index contributed by atoms with van der Waals surface area (Å²) in [6.07, 6.45) is 11.3. The quantitative estimate of drug-likeness (QED) is 0.770. The van der Waals surface area contributed by atoms with Gasteiger partial charge in [-0.3, -0.25) is 9.59 Å². The molecule has 0 aromatic rings. The van der Waals surface area contributed by atoms with Gasteiger partial charge < -0.3 is 10.2 Å². The van der Waals surface area contributed by atoms with Crippen LogP contribution < -0.4 is 5.32 Å². The van der Waals surface area contributed by atoms with Crippen molar-refractivity contribution in [2.75, 3.05) is 19.6 Å². The lowest BCUT2D eigenvalue weighted by Gasteiger charge is -2.36. The smallest absolute Gasteiger partial charge is 0.225 e. The zero-order chi connectivity index (χ0) is 17.4. The van der Waals surface area contributed by atoms with Gasteiger partial charge in [-0.1, -0.05) is 33.1 Å². The third-order valence-corrected chi connectivity index (χ3v) is 5.82. The molecule has 1 heterocycles. The molecule has 1 N–H and O–H groups in total. The summed E-state index contributed by atoms with van der Waals surface area (Å²) in [7, 11) is 0. The monoisotopic (exact) mass is 336 g/mol. The van der Waals surface area contributed by atoms with Gasteiger partial charge in [-0.25, -0.2) is 0 Å². The van der Waals surface area contributed by atoms with E-state index in [9.17, 15) is 9.59 Å². The Morgan fingerprint density at radius 2 is 1.75 bits per heavy atom. The Labute approximate surface area is 147 Å². The van der Waals surface area contributed by atoms with Gasteiger partial charge in [-0.2, -0.15) is 0 Å². The number of likely N-dealkylation sites (tertiary alicyclic amines) is 1. The normalized spacial score (nSPS) is 27.8. The molecule has 1 aliphatic carbocycles. The SMILES string of the molecule is CCCCC1CCC(C(=O)N2CCCC(C(=O)NCCC)C2)CC1. The van der Waals surface area contributed by atoms with Crippen LogP contribution in [0.3, 0.4) is 0 Å². The molecule has 1 aliphatic heterocycles. The molecule has 0 radical (unpaired) electrons. The van der Waals surface area contributed by atoms with Crippen molar-refractivity contribution in [2.24, 2.45) is 17.8 Å². The van der Waals surface area contributed by atoms with E-state index in [1.165, 1.54) is 32.1 Å². The first-order valence-corrected chi connectivity index (χ1v) is 10.2. The highest BCUT2D eigenvalue weighted by atomic mass is 16.2. The van der Waals surface area contributed by atoms with Crippen molar-refractivity contribution in [1.29, 1.82) is 0 Å². The van der Waals surface area contributed by atoms with E-state index in [1.54, 1.807) is 0 Å². The van der Waals surface area contributed by atoms with Crippen LogP contribution in [0.1, 0.15) is 78.1 Å². The fourth-order valence-corrected chi connectivity index (χ4v) is 4.23. The fourth-order valence-electron chi connectivity index (χ4n) is 4.23. The highest BCUT2D eigenvalue weighted by Gasteiger charge is 2.33. The van der Waals surface area contributed by atoms with Crippen LogP contribution in [0.2, 0.25) is 0 Å². The lowest BCUT2D eigenvalue weighted by Crippen LogP contribution is -2.47. The number of piperidine rings is 1. The number of amides is 2. The topological polar surface area (TPSA) is 49.4 Å². The van der Waals surface area contributed by atoms with Gasteiger partial charge in [0.15, 0.2) is 0 Å². The van der Waals surface area contributed by atoms with E-state index < -0.39 is 0 Å². The predicted octanol–water partition coefficient (Wildman–Crippen LogP) is 3.75. The van der Waals surface area contributed by atoms with Crippen LogP contribution in [0.4, 0.5) is 0 Å². The number of carbonyl (C=O) groups excluding carboxylic acids is 2. The van der Waals surface area contributed by atoms with Crippen molar-refractivity contribution < 1.29 is 9.59 Å². The van der Waals surface area contributed by atoms with Gasteiger partial charge in [0.2, 0.25) is 11.8 Å². The Bertz CT molecular complexity index is 402. The van der Waals surface area contributed by atoms with E-state index in [2.05, 4.69) is 19.2 Å². The van der Waals surface area contributed by atoms with Gasteiger partial charge in [-0.05, 0) is 50.9 Å². The summed E-state index contributed by atoms with van der Waals surface area (Å²) in [4.78, 5) is 27.0.